The number of hydrogen-bond donors (Lipinski definition) is 1. The molecule has 2 heteroatoms. The summed E-state index contributed by atoms with van der Waals surface area (Å²) in [7, 11) is 0. The highest BCUT2D eigenvalue weighted by Crippen LogP contribution is 2.30. The molecule has 0 bridgehead atoms. The Hall–Kier alpha value is -0.530. The van der Waals surface area contributed by atoms with Crippen molar-refractivity contribution < 1.29 is 0 Å². The van der Waals surface area contributed by atoms with Crippen LogP contribution in [0.25, 0.3) is 0 Å². The Bertz CT molecular complexity index is 361. The Balaban J connectivity index is 2.16. The number of nitrogens with one attached hydrogen (secondary N) is 1. The van der Waals surface area contributed by atoms with Gasteiger partial charge in [0.15, 0.2) is 0 Å². The van der Waals surface area contributed by atoms with Gasteiger partial charge in [-0.3, -0.25) is 0 Å². The SMILES string of the molecule is CC(C)C1(Cc2ccc(Cl)cc2)CCCCCN1. The number of hydrogen-bond acceptors (Lipinski definition) is 1. The first-order valence-electron chi connectivity index (χ1n) is 7.12. The number of benzene rings is 1. The molecule has 0 radical (unpaired) electrons. The second kappa shape index (κ2) is 6.08. The third-order valence-electron chi connectivity index (χ3n) is 4.31. The molecular formula is C16H24ClN. The fourth-order valence-corrected chi connectivity index (χ4v) is 3.11. The van der Waals surface area contributed by atoms with Gasteiger partial charge in [-0.1, -0.05) is 50.4 Å². The maximum atomic E-state index is 5.96. The van der Waals surface area contributed by atoms with Crippen molar-refractivity contribution in [2.75, 3.05) is 6.54 Å². The normalized spacial score (nSPS) is 25.1. The van der Waals surface area contributed by atoms with Crippen molar-refractivity contribution >= 4 is 11.6 Å². The van der Waals surface area contributed by atoms with E-state index in [1.165, 1.54) is 31.2 Å². The zero-order valence-electron chi connectivity index (χ0n) is 11.5. The highest BCUT2D eigenvalue weighted by atomic mass is 35.5. The fraction of sp³-hybridized carbons (Fsp3) is 0.625. The molecule has 0 amide bonds. The van der Waals surface area contributed by atoms with Gasteiger partial charge in [0, 0.05) is 10.6 Å². The molecule has 0 spiro atoms. The molecule has 100 valence electrons. The summed E-state index contributed by atoms with van der Waals surface area (Å²) >= 11 is 5.96. The molecule has 1 saturated heterocycles. The van der Waals surface area contributed by atoms with Crippen LogP contribution in [-0.4, -0.2) is 12.1 Å². The first-order chi connectivity index (χ1) is 8.62. The van der Waals surface area contributed by atoms with Crippen molar-refractivity contribution in [3.05, 3.63) is 34.9 Å². The molecule has 18 heavy (non-hydrogen) atoms. The average Bonchev–Trinajstić information content (AvgIpc) is 2.59. The molecule has 1 atom stereocenters. The van der Waals surface area contributed by atoms with Gasteiger partial charge in [0.2, 0.25) is 0 Å². The Morgan fingerprint density at radius 3 is 2.56 bits per heavy atom. The summed E-state index contributed by atoms with van der Waals surface area (Å²) in [6, 6.07) is 8.33. The first-order valence-corrected chi connectivity index (χ1v) is 7.50. The van der Waals surface area contributed by atoms with Crippen LogP contribution >= 0.6 is 11.6 Å². The van der Waals surface area contributed by atoms with E-state index in [-0.39, 0.29) is 5.54 Å². The van der Waals surface area contributed by atoms with E-state index in [2.05, 4.69) is 31.3 Å². The summed E-state index contributed by atoms with van der Waals surface area (Å²) in [4.78, 5) is 0. The van der Waals surface area contributed by atoms with Crippen molar-refractivity contribution in [2.24, 2.45) is 5.92 Å². The quantitative estimate of drug-likeness (QED) is 0.852. The molecule has 1 aromatic rings. The van der Waals surface area contributed by atoms with Gasteiger partial charge in [0.1, 0.15) is 0 Å². The van der Waals surface area contributed by atoms with Crippen LogP contribution in [0.5, 0.6) is 0 Å². The minimum atomic E-state index is 0.268. The van der Waals surface area contributed by atoms with Crippen LogP contribution in [0, 0.1) is 5.92 Å². The first kappa shape index (κ1) is 13.9. The van der Waals surface area contributed by atoms with E-state index in [1.807, 2.05) is 12.1 Å². The molecule has 0 aliphatic carbocycles. The molecule has 1 N–H and O–H groups in total. The van der Waals surface area contributed by atoms with E-state index in [0.717, 1.165) is 18.0 Å². The van der Waals surface area contributed by atoms with Gasteiger partial charge in [0.25, 0.3) is 0 Å². The van der Waals surface area contributed by atoms with Crippen molar-refractivity contribution in [1.82, 2.24) is 5.32 Å². The largest absolute Gasteiger partial charge is 0.311 e. The lowest BCUT2D eigenvalue weighted by Gasteiger charge is -2.38. The van der Waals surface area contributed by atoms with Crippen molar-refractivity contribution in [3.63, 3.8) is 0 Å². The highest BCUT2D eigenvalue weighted by Gasteiger charge is 2.33. The Labute approximate surface area is 116 Å². The molecule has 1 aliphatic rings. The monoisotopic (exact) mass is 265 g/mol. The van der Waals surface area contributed by atoms with Crippen LogP contribution in [0.1, 0.15) is 45.1 Å². The van der Waals surface area contributed by atoms with Crippen LogP contribution in [-0.2, 0) is 6.42 Å². The predicted octanol–water partition coefficient (Wildman–Crippen LogP) is 4.44. The lowest BCUT2D eigenvalue weighted by Crippen LogP contribution is -2.50. The van der Waals surface area contributed by atoms with Crippen LogP contribution in [0.3, 0.4) is 0 Å². The van der Waals surface area contributed by atoms with Crippen molar-refractivity contribution in [1.29, 1.82) is 0 Å². The van der Waals surface area contributed by atoms with Gasteiger partial charge in [-0.2, -0.15) is 0 Å². The minimum Gasteiger partial charge on any atom is -0.311 e. The zero-order chi connectivity index (χ0) is 13.0. The Kier molecular flexibility index (Phi) is 4.69. The van der Waals surface area contributed by atoms with Gasteiger partial charge in [0.05, 0.1) is 0 Å². The summed E-state index contributed by atoms with van der Waals surface area (Å²) in [5.41, 5.74) is 1.66. The van der Waals surface area contributed by atoms with Crippen molar-refractivity contribution in [3.8, 4) is 0 Å². The van der Waals surface area contributed by atoms with E-state index in [9.17, 15) is 0 Å². The molecule has 0 saturated carbocycles. The summed E-state index contributed by atoms with van der Waals surface area (Å²) < 4.78 is 0. The molecule has 0 aromatic heterocycles. The second-order valence-corrected chi connectivity index (χ2v) is 6.29. The number of halogens is 1. The third kappa shape index (κ3) is 3.27. The lowest BCUT2D eigenvalue weighted by molar-refractivity contribution is 0.226. The summed E-state index contributed by atoms with van der Waals surface area (Å²) in [5.74, 6) is 0.659. The standard InChI is InChI=1S/C16H24ClN/c1-13(2)16(10-4-3-5-11-18-16)12-14-6-8-15(17)9-7-14/h6-9,13,18H,3-5,10-12H2,1-2H3. The smallest absolute Gasteiger partial charge is 0.0406 e. The molecule has 1 fully saturated rings. The average molecular weight is 266 g/mol. The Morgan fingerprint density at radius 2 is 1.89 bits per heavy atom. The maximum Gasteiger partial charge on any atom is 0.0406 e. The van der Waals surface area contributed by atoms with Gasteiger partial charge in [-0.05, 0) is 49.4 Å². The van der Waals surface area contributed by atoms with E-state index in [4.69, 9.17) is 11.6 Å². The van der Waals surface area contributed by atoms with E-state index >= 15 is 0 Å². The summed E-state index contributed by atoms with van der Waals surface area (Å²) in [5, 5.41) is 4.65. The van der Waals surface area contributed by atoms with Gasteiger partial charge < -0.3 is 5.32 Å². The predicted molar refractivity (Wildman–Crippen MR) is 79.2 cm³/mol. The fourth-order valence-electron chi connectivity index (χ4n) is 2.98. The number of rotatable bonds is 3. The minimum absolute atomic E-state index is 0.268. The van der Waals surface area contributed by atoms with Gasteiger partial charge in [-0.15, -0.1) is 0 Å². The van der Waals surface area contributed by atoms with Gasteiger partial charge in [-0.25, -0.2) is 0 Å². The Morgan fingerprint density at radius 1 is 1.17 bits per heavy atom. The second-order valence-electron chi connectivity index (χ2n) is 5.85. The van der Waals surface area contributed by atoms with Gasteiger partial charge >= 0.3 is 0 Å². The van der Waals surface area contributed by atoms with Crippen LogP contribution in [0.15, 0.2) is 24.3 Å². The van der Waals surface area contributed by atoms with Crippen molar-refractivity contribution in [2.45, 2.75) is 51.5 Å². The van der Waals surface area contributed by atoms with Crippen LogP contribution in [0.4, 0.5) is 0 Å². The molecular weight excluding hydrogens is 242 g/mol. The van der Waals surface area contributed by atoms with E-state index in [0.29, 0.717) is 5.92 Å². The van der Waals surface area contributed by atoms with Crippen LogP contribution < -0.4 is 5.32 Å². The molecule has 2 rings (SSSR count). The molecule has 1 heterocycles. The molecule has 1 aromatic carbocycles. The third-order valence-corrected chi connectivity index (χ3v) is 4.57. The van der Waals surface area contributed by atoms with Crippen LogP contribution in [0.2, 0.25) is 5.02 Å². The molecule has 1 nitrogen and oxygen atoms in total. The topological polar surface area (TPSA) is 12.0 Å². The zero-order valence-corrected chi connectivity index (χ0v) is 12.3. The van der Waals surface area contributed by atoms with E-state index < -0.39 is 0 Å². The highest BCUT2D eigenvalue weighted by molar-refractivity contribution is 6.30. The maximum absolute atomic E-state index is 5.96. The summed E-state index contributed by atoms with van der Waals surface area (Å²) in [6.07, 6.45) is 6.42. The molecule has 1 unspecified atom stereocenters. The molecule has 1 aliphatic heterocycles. The summed E-state index contributed by atoms with van der Waals surface area (Å²) in [6.45, 7) is 5.84. The lowest BCUT2D eigenvalue weighted by atomic mass is 9.77. The van der Waals surface area contributed by atoms with E-state index in [1.54, 1.807) is 0 Å².